The van der Waals surface area contributed by atoms with Crippen LogP contribution in [0.3, 0.4) is 0 Å². The molecule has 2 aliphatic rings. The average Bonchev–Trinajstić information content (AvgIpc) is 2.97. The van der Waals surface area contributed by atoms with Crippen molar-refractivity contribution in [3.63, 3.8) is 0 Å². The Morgan fingerprint density at radius 1 is 1.30 bits per heavy atom. The molecule has 0 saturated carbocycles. The Balaban J connectivity index is 1.75. The van der Waals surface area contributed by atoms with Crippen molar-refractivity contribution >= 4 is 5.97 Å². The van der Waals surface area contributed by atoms with Crippen LogP contribution in [0.1, 0.15) is 19.4 Å². The molecule has 2 heterocycles. The molecule has 2 aliphatic heterocycles. The van der Waals surface area contributed by atoms with E-state index in [0.29, 0.717) is 0 Å². The van der Waals surface area contributed by atoms with Crippen molar-refractivity contribution in [3.8, 4) is 0 Å². The van der Waals surface area contributed by atoms with Gasteiger partial charge in [-0.1, -0.05) is 30.3 Å². The smallest absolute Gasteiger partial charge is 0.335 e. The van der Waals surface area contributed by atoms with Crippen LogP contribution in [0.2, 0.25) is 0 Å². The predicted molar refractivity (Wildman–Crippen MR) is 77.4 cm³/mol. The molecular weight excluding hydrogens is 304 g/mol. The third-order valence-electron chi connectivity index (χ3n) is 3.88. The van der Waals surface area contributed by atoms with Crippen LogP contribution >= 0.6 is 0 Å². The second-order valence-electron chi connectivity index (χ2n) is 6.11. The van der Waals surface area contributed by atoms with Crippen molar-refractivity contribution in [1.29, 1.82) is 0 Å². The van der Waals surface area contributed by atoms with Gasteiger partial charge in [-0.2, -0.15) is 0 Å². The van der Waals surface area contributed by atoms with Gasteiger partial charge in [0.05, 0.1) is 6.61 Å². The number of carboxylic acids is 1. The van der Waals surface area contributed by atoms with Gasteiger partial charge in [-0.05, 0) is 19.4 Å². The van der Waals surface area contributed by atoms with E-state index in [2.05, 4.69) is 0 Å². The Morgan fingerprint density at radius 2 is 2.00 bits per heavy atom. The van der Waals surface area contributed by atoms with Gasteiger partial charge in [-0.3, -0.25) is 0 Å². The van der Waals surface area contributed by atoms with E-state index in [4.69, 9.17) is 24.1 Å². The summed E-state index contributed by atoms with van der Waals surface area (Å²) in [5, 5.41) is 18.9. The fraction of sp³-hybridized carbons (Fsp3) is 0.562. The summed E-state index contributed by atoms with van der Waals surface area (Å²) in [6, 6.07) is 9.45. The normalized spacial score (nSPS) is 33.3. The van der Waals surface area contributed by atoms with Crippen molar-refractivity contribution in [1.82, 2.24) is 0 Å². The van der Waals surface area contributed by atoms with Gasteiger partial charge in [0, 0.05) is 0 Å². The molecule has 0 amide bonds. The first kappa shape index (κ1) is 16.4. The van der Waals surface area contributed by atoms with E-state index in [0.717, 1.165) is 5.56 Å². The van der Waals surface area contributed by atoms with Gasteiger partial charge in [0.15, 0.2) is 18.2 Å². The number of hydrogen-bond acceptors (Lipinski definition) is 6. The van der Waals surface area contributed by atoms with Crippen molar-refractivity contribution in [2.75, 3.05) is 0 Å². The molecule has 23 heavy (non-hydrogen) atoms. The number of ether oxygens (including phenoxy) is 4. The largest absolute Gasteiger partial charge is 0.479 e. The molecule has 7 nitrogen and oxygen atoms in total. The number of aliphatic hydroxyl groups is 1. The highest BCUT2D eigenvalue weighted by atomic mass is 16.8. The minimum atomic E-state index is -1.71. The molecule has 2 saturated heterocycles. The molecular formula is C16H20O7. The maximum Gasteiger partial charge on any atom is 0.335 e. The second kappa shape index (κ2) is 6.18. The third kappa shape index (κ3) is 3.39. The third-order valence-corrected chi connectivity index (χ3v) is 3.88. The molecule has 1 aromatic carbocycles. The first-order valence-corrected chi connectivity index (χ1v) is 7.45. The zero-order chi connectivity index (χ0) is 16.6. The number of aliphatic carboxylic acids is 1. The fourth-order valence-electron chi connectivity index (χ4n) is 2.86. The lowest BCUT2D eigenvalue weighted by Gasteiger charge is -2.27. The van der Waals surface area contributed by atoms with E-state index in [1.165, 1.54) is 0 Å². The number of carboxylic acid groups (broad SMARTS) is 1. The molecule has 0 aliphatic carbocycles. The van der Waals surface area contributed by atoms with E-state index in [1.54, 1.807) is 13.8 Å². The van der Waals surface area contributed by atoms with Crippen LogP contribution in [0.15, 0.2) is 30.3 Å². The molecule has 3 rings (SSSR count). The first-order valence-electron chi connectivity index (χ1n) is 7.45. The Kier molecular flexibility index (Phi) is 4.39. The zero-order valence-corrected chi connectivity index (χ0v) is 12.9. The number of hydrogen-bond donors (Lipinski definition) is 2. The SMILES string of the molecule is CC1(C)O[C@H]2O[C@H](C(O)C(=O)O)[C@H](OCc3ccccc3)[C@H]2O1. The highest BCUT2D eigenvalue weighted by Gasteiger charge is 2.58. The van der Waals surface area contributed by atoms with Gasteiger partial charge >= 0.3 is 5.97 Å². The van der Waals surface area contributed by atoms with Crippen LogP contribution < -0.4 is 0 Å². The summed E-state index contributed by atoms with van der Waals surface area (Å²) >= 11 is 0. The summed E-state index contributed by atoms with van der Waals surface area (Å²) in [5.74, 6) is -2.22. The summed E-state index contributed by atoms with van der Waals surface area (Å²) in [6.45, 7) is 3.74. The number of benzene rings is 1. The number of aliphatic hydroxyl groups excluding tert-OH is 1. The lowest BCUT2D eigenvalue weighted by Crippen LogP contribution is -2.45. The molecule has 2 N–H and O–H groups in total. The summed E-state index contributed by atoms with van der Waals surface area (Å²) in [4.78, 5) is 11.1. The van der Waals surface area contributed by atoms with E-state index in [-0.39, 0.29) is 6.61 Å². The van der Waals surface area contributed by atoms with Gasteiger partial charge in [0.2, 0.25) is 0 Å². The van der Waals surface area contributed by atoms with E-state index in [9.17, 15) is 9.90 Å². The first-order chi connectivity index (χ1) is 10.9. The van der Waals surface area contributed by atoms with Crippen LogP contribution in [-0.2, 0) is 30.3 Å². The van der Waals surface area contributed by atoms with Crippen molar-refractivity contribution in [2.45, 2.75) is 56.9 Å². The highest BCUT2D eigenvalue weighted by molar-refractivity contribution is 5.73. The van der Waals surface area contributed by atoms with Crippen LogP contribution in [-0.4, -0.2) is 52.7 Å². The fourth-order valence-corrected chi connectivity index (χ4v) is 2.86. The van der Waals surface area contributed by atoms with Crippen LogP contribution in [0.25, 0.3) is 0 Å². The molecule has 1 unspecified atom stereocenters. The van der Waals surface area contributed by atoms with Crippen LogP contribution in [0.5, 0.6) is 0 Å². The second-order valence-corrected chi connectivity index (χ2v) is 6.11. The molecule has 0 radical (unpaired) electrons. The monoisotopic (exact) mass is 324 g/mol. The Morgan fingerprint density at radius 3 is 2.65 bits per heavy atom. The van der Waals surface area contributed by atoms with E-state index in [1.807, 2.05) is 30.3 Å². The van der Waals surface area contributed by atoms with Gasteiger partial charge in [0.25, 0.3) is 0 Å². The molecule has 126 valence electrons. The number of rotatable bonds is 5. The summed E-state index contributed by atoms with van der Waals surface area (Å²) in [7, 11) is 0. The van der Waals surface area contributed by atoms with Gasteiger partial charge in [-0.25, -0.2) is 4.79 Å². The molecule has 0 bridgehead atoms. The molecule has 0 aromatic heterocycles. The number of fused-ring (bicyclic) bond motifs is 1. The van der Waals surface area contributed by atoms with Gasteiger partial charge in [0.1, 0.15) is 18.3 Å². The molecule has 5 atom stereocenters. The topological polar surface area (TPSA) is 94.5 Å². The Bertz CT molecular complexity index is 559. The summed E-state index contributed by atoms with van der Waals surface area (Å²) in [6.07, 6.45) is -4.86. The molecule has 0 spiro atoms. The van der Waals surface area contributed by atoms with E-state index >= 15 is 0 Å². The van der Waals surface area contributed by atoms with Crippen molar-refractivity contribution in [3.05, 3.63) is 35.9 Å². The van der Waals surface area contributed by atoms with Gasteiger partial charge < -0.3 is 29.2 Å². The molecule has 1 aromatic rings. The van der Waals surface area contributed by atoms with Crippen LogP contribution in [0, 0.1) is 0 Å². The molecule has 2 fully saturated rings. The van der Waals surface area contributed by atoms with Crippen LogP contribution in [0.4, 0.5) is 0 Å². The minimum Gasteiger partial charge on any atom is -0.479 e. The standard InChI is InChI=1S/C16H20O7/c1-16(2)22-13-12(20-8-9-6-4-3-5-7-9)11(10(17)14(18)19)21-15(13)23-16/h3-7,10-13,15,17H,8H2,1-2H3,(H,18,19)/t10?,11-,12+,13-,15-/m1/s1. The predicted octanol–water partition coefficient (Wildman–Crippen LogP) is 0.894. The Hall–Kier alpha value is -1.51. The minimum absolute atomic E-state index is 0.255. The average molecular weight is 324 g/mol. The zero-order valence-electron chi connectivity index (χ0n) is 12.9. The number of carbonyl (C=O) groups is 1. The van der Waals surface area contributed by atoms with Crippen molar-refractivity contribution in [2.24, 2.45) is 0 Å². The summed E-state index contributed by atoms with van der Waals surface area (Å²) < 4.78 is 22.7. The maximum atomic E-state index is 11.1. The lowest BCUT2D eigenvalue weighted by atomic mass is 10.1. The lowest BCUT2D eigenvalue weighted by molar-refractivity contribution is -0.231. The quantitative estimate of drug-likeness (QED) is 0.830. The van der Waals surface area contributed by atoms with Crippen molar-refractivity contribution < 1.29 is 34.0 Å². The maximum absolute atomic E-state index is 11.1. The Labute approximate surface area is 133 Å². The van der Waals surface area contributed by atoms with E-state index < -0.39 is 42.5 Å². The van der Waals surface area contributed by atoms with Gasteiger partial charge in [-0.15, -0.1) is 0 Å². The summed E-state index contributed by atoms with van der Waals surface area (Å²) in [5.41, 5.74) is 0.928. The highest BCUT2D eigenvalue weighted by Crippen LogP contribution is 2.39. The molecule has 7 heteroatoms.